The quantitative estimate of drug-likeness (QED) is 0.298. The van der Waals surface area contributed by atoms with Crippen LogP contribution in [-0.2, 0) is 48.0 Å². The van der Waals surface area contributed by atoms with Gasteiger partial charge in [-0.25, -0.2) is 0 Å². The van der Waals surface area contributed by atoms with Crippen molar-refractivity contribution in [2.75, 3.05) is 14.2 Å². The first kappa shape index (κ1) is 28.0. The highest BCUT2D eigenvalue weighted by atomic mass is 32.2. The standard InChI is InChI=1S/C26H22N2O12S2/c1-37-13-3-7-15(8-4-13)41(33,34)39-27-23(29)19-17-11-12-18(20(19)24(27)30)22-21(17)25(31)28(26(22)32)40-42(35,36)16-9-5-14(38-2)6-10-16/h3-12,17-22H,1-2H3. The maximum absolute atomic E-state index is 13.4. The minimum atomic E-state index is -4.62. The molecule has 4 atom stereocenters. The van der Waals surface area contributed by atoms with E-state index >= 15 is 0 Å². The fourth-order valence-corrected chi connectivity index (χ4v) is 7.88. The van der Waals surface area contributed by atoms with Crippen molar-refractivity contribution in [1.82, 2.24) is 10.1 Å². The van der Waals surface area contributed by atoms with E-state index < -0.39 is 79.4 Å². The van der Waals surface area contributed by atoms with Gasteiger partial charge < -0.3 is 9.47 Å². The lowest BCUT2D eigenvalue weighted by Crippen LogP contribution is -2.50. The summed E-state index contributed by atoms with van der Waals surface area (Å²) in [6, 6.07) is 10.1. The average molecular weight is 619 g/mol. The molecule has 2 heterocycles. The third-order valence-electron chi connectivity index (χ3n) is 7.97. The van der Waals surface area contributed by atoms with Crippen LogP contribution in [0.2, 0.25) is 0 Å². The lowest BCUT2D eigenvalue weighted by molar-refractivity contribution is -0.166. The molecule has 14 nitrogen and oxygen atoms in total. The van der Waals surface area contributed by atoms with Gasteiger partial charge in [0.1, 0.15) is 11.5 Å². The predicted molar refractivity (Wildman–Crippen MR) is 136 cm³/mol. The Labute approximate surface area is 239 Å². The molecule has 3 fully saturated rings. The molecular weight excluding hydrogens is 596 g/mol. The van der Waals surface area contributed by atoms with Gasteiger partial charge in [0.25, 0.3) is 23.6 Å². The molecule has 2 saturated heterocycles. The second kappa shape index (κ2) is 9.72. The van der Waals surface area contributed by atoms with Gasteiger partial charge in [0.15, 0.2) is 0 Å². The van der Waals surface area contributed by atoms with Crippen LogP contribution in [0.3, 0.4) is 0 Å². The molecule has 0 aromatic heterocycles. The molecule has 3 aliphatic carbocycles. The number of hydrogen-bond donors (Lipinski definition) is 0. The normalized spacial score (nSPS) is 28.3. The number of hydrogen-bond acceptors (Lipinski definition) is 12. The molecule has 16 heteroatoms. The summed E-state index contributed by atoms with van der Waals surface area (Å²) in [4.78, 5) is 52.9. The van der Waals surface area contributed by atoms with Crippen molar-refractivity contribution in [3.63, 3.8) is 0 Å². The molecule has 0 spiro atoms. The van der Waals surface area contributed by atoms with Crippen molar-refractivity contribution in [3.05, 3.63) is 60.7 Å². The predicted octanol–water partition coefficient (Wildman–Crippen LogP) is 0.663. The molecule has 0 radical (unpaired) electrons. The van der Waals surface area contributed by atoms with E-state index in [2.05, 4.69) is 0 Å². The Balaban J connectivity index is 1.25. The summed E-state index contributed by atoms with van der Waals surface area (Å²) in [5.74, 6) is -10.1. The maximum atomic E-state index is 13.4. The number of methoxy groups -OCH3 is 2. The van der Waals surface area contributed by atoms with Crippen molar-refractivity contribution in [3.8, 4) is 11.5 Å². The van der Waals surface area contributed by atoms with Gasteiger partial charge in [-0.15, -0.1) is 18.7 Å². The number of imide groups is 2. The summed E-state index contributed by atoms with van der Waals surface area (Å²) in [7, 11) is -6.46. The Kier molecular flexibility index (Phi) is 6.49. The molecule has 220 valence electrons. The van der Waals surface area contributed by atoms with Gasteiger partial charge >= 0.3 is 20.2 Å². The minimum absolute atomic E-state index is 0.167. The smallest absolute Gasteiger partial charge is 0.318 e. The highest BCUT2D eigenvalue weighted by molar-refractivity contribution is 7.87. The number of benzene rings is 2. The van der Waals surface area contributed by atoms with E-state index in [1.165, 1.54) is 74.9 Å². The van der Waals surface area contributed by atoms with Crippen LogP contribution >= 0.6 is 0 Å². The number of carbonyl (C=O) groups is 4. The van der Waals surface area contributed by atoms with E-state index in [1.807, 2.05) is 0 Å². The number of ether oxygens (including phenoxy) is 2. The number of hydroxylamine groups is 4. The van der Waals surface area contributed by atoms with Gasteiger partial charge in [-0.05, 0) is 48.5 Å². The molecule has 4 unspecified atom stereocenters. The fraction of sp³-hybridized carbons (Fsp3) is 0.308. The summed E-state index contributed by atoms with van der Waals surface area (Å²) in [6.07, 6.45) is 3.01. The molecule has 2 bridgehead atoms. The van der Waals surface area contributed by atoms with Crippen LogP contribution in [0.5, 0.6) is 11.5 Å². The van der Waals surface area contributed by atoms with Crippen LogP contribution in [0.4, 0.5) is 0 Å². The third kappa shape index (κ3) is 4.12. The van der Waals surface area contributed by atoms with Crippen LogP contribution in [0.25, 0.3) is 0 Å². The monoisotopic (exact) mass is 618 g/mol. The van der Waals surface area contributed by atoms with Gasteiger partial charge in [0, 0.05) is 11.8 Å². The number of amides is 4. The second-order valence-corrected chi connectivity index (χ2v) is 13.1. The second-order valence-electron chi connectivity index (χ2n) is 9.99. The Morgan fingerprint density at radius 2 is 0.810 bits per heavy atom. The van der Waals surface area contributed by atoms with Gasteiger partial charge in [0.2, 0.25) is 0 Å². The summed E-state index contributed by atoms with van der Waals surface area (Å²) in [6.45, 7) is 0. The molecular formula is C26H22N2O12S2. The van der Waals surface area contributed by atoms with Crippen LogP contribution in [0.1, 0.15) is 0 Å². The lowest BCUT2D eigenvalue weighted by atomic mass is 9.54. The number of allylic oxidation sites excluding steroid dienone is 2. The molecule has 7 rings (SSSR count). The first-order valence-electron chi connectivity index (χ1n) is 12.5. The Bertz CT molecular complexity index is 1580. The maximum Gasteiger partial charge on any atom is 0.318 e. The third-order valence-corrected chi connectivity index (χ3v) is 10.4. The summed E-state index contributed by atoms with van der Waals surface area (Å²) in [5.41, 5.74) is 0. The van der Waals surface area contributed by atoms with Crippen LogP contribution in [0.15, 0.2) is 70.5 Å². The first-order chi connectivity index (χ1) is 19.9. The topological polar surface area (TPSA) is 180 Å². The molecule has 1 saturated carbocycles. The van der Waals surface area contributed by atoms with Crippen molar-refractivity contribution in [2.45, 2.75) is 9.79 Å². The van der Waals surface area contributed by atoms with Crippen LogP contribution < -0.4 is 9.47 Å². The summed E-state index contributed by atoms with van der Waals surface area (Å²) in [5, 5.41) is 0.334. The molecule has 2 aromatic carbocycles. The van der Waals surface area contributed by atoms with Crippen molar-refractivity contribution >= 4 is 43.9 Å². The lowest BCUT2D eigenvalue weighted by Gasteiger charge is -2.44. The highest BCUT2D eigenvalue weighted by Crippen LogP contribution is 2.58. The van der Waals surface area contributed by atoms with Gasteiger partial charge in [-0.2, -0.15) is 16.8 Å². The number of carbonyl (C=O) groups excluding carboxylic acids is 4. The van der Waals surface area contributed by atoms with Crippen molar-refractivity contribution in [1.29, 1.82) is 0 Å². The van der Waals surface area contributed by atoms with Crippen molar-refractivity contribution < 1.29 is 54.1 Å². The molecule has 0 N–H and O–H groups in total. The van der Waals surface area contributed by atoms with E-state index in [9.17, 15) is 36.0 Å². The number of rotatable bonds is 8. The Morgan fingerprint density at radius 1 is 0.524 bits per heavy atom. The zero-order valence-electron chi connectivity index (χ0n) is 21.8. The summed E-state index contributed by atoms with van der Waals surface area (Å²) >= 11 is 0. The SMILES string of the molecule is COc1ccc(S(=O)(=O)ON2C(=O)C3C4C=CC(C3C2=O)C2C(=O)N(OS(=O)(=O)c3ccc(OC)cc3)C(=O)C42)cc1. The Hall–Kier alpha value is -4.12. The van der Waals surface area contributed by atoms with Gasteiger partial charge in [-0.3, -0.25) is 19.2 Å². The first-order valence-corrected chi connectivity index (χ1v) is 15.3. The number of nitrogens with zero attached hydrogens (tertiary/aromatic N) is 2. The van der Waals surface area contributed by atoms with Crippen LogP contribution in [0, 0.1) is 35.5 Å². The van der Waals surface area contributed by atoms with E-state index in [4.69, 9.17) is 18.0 Å². The van der Waals surface area contributed by atoms with Crippen LogP contribution in [-0.4, -0.2) is 64.8 Å². The zero-order valence-corrected chi connectivity index (χ0v) is 23.5. The Morgan fingerprint density at radius 3 is 1.07 bits per heavy atom. The molecule has 2 aromatic rings. The molecule has 5 aliphatic rings. The summed E-state index contributed by atoms with van der Waals surface area (Å²) < 4.78 is 71.4. The average Bonchev–Trinajstić information content (AvgIpc) is 3.39. The van der Waals surface area contributed by atoms with Gasteiger partial charge in [0.05, 0.1) is 47.7 Å². The van der Waals surface area contributed by atoms with E-state index in [-0.39, 0.29) is 19.9 Å². The molecule has 4 amide bonds. The minimum Gasteiger partial charge on any atom is -0.497 e. The highest BCUT2D eigenvalue weighted by Gasteiger charge is 2.70. The van der Waals surface area contributed by atoms with Gasteiger partial charge in [-0.1, -0.05) is 12.2 Å². The molecule has 2 aliphatic heterocycles. The largest absolute Gasteiger partial charge is 0.497 e. The zero-order chi connectivity index (χ0) is 30.1. The van der Waals surface area contributed by atoms with Crippen molar-refractivity contribution in [2.24, 2.45) is 35.5 Å². The fourth-order valence-electron chi connectivity index (χ4n) is 6.09. The van der Waals surface area contributed by atoms with E-state index in [0.29, 0.717) is 11.5 Å². The molecule has 42 heavy (non-hydrogen) atoms. The van der Waals surface area contributed by atoms with E-state index in [1.54, 1.807) is 0 Å². The van der Waals surface area contributed by atoms with E-state index in [0.717, 1.165) is 0 Å².